The van der Waals surface area contributed by atoms with Crippen LogP contribution >= 0.6 is 0 Å². The lowest BCUT2D eigenvalue weighted by molar-refractivity contribution is 0.576. The van der Waals surface area contributed by atoms with Gasteiger partial charge in [0.25, 0.3) is 0 Å². The lowest BCUT2D eigenvalue weighted by Crippen LogP contribution is -2.14. The molecule has 0 N–H and O–H groups in total. The van der Waals surface area contributed by atoms with Gasteiger partial charge in [-0.2, -0.15) is 0 Å². The molecule has 0 spiro atoms. The van der Waals surface area contributed by atoms with Crippen LogP contribution in [0, 0.1) is 11.8 Å². The van der Waals surface area contributed by atoms with Crippen LogP contribution in [0.1, 0.15) is 6.42 Å². The Balaban J connectivity index is 2.04. The Labute approximate surface area is 78.7 Å². The molecule has 0 heterocycles. The second-order valence-corrected chi connectivity index (χ2v) is 3.89. The predicted molar refractivity (Wildman–Crippen MR) is 55.2 cm³/mol. The Bertz CT molecular complexity index is 375. The Hall–Kier alpha value is -1.30. The van der Waals surface area contributed by atoms with E-state index in [0.717, 1.165) is 0 Å². The molecule has 0 bridgehead atoms. The van der Waals surface area contributed by atoms with Gasteiger partial charge in [-0.05, 0) is 17.6 Å². The zero-order chi connectivity index (χ0) is 8.67. The predicted octanol–water partition coefficient (Wildman–Crippen LogP) is 3.17. The first-order chi connectivity index (χ1) is 6.43. The highest BCUT2D eigenvalue weighted by molar-refractivity contribution is 5.47. The van der Waals surface area contributed by atoms with Gasteiger partial charge in [0, 0.05) is 11.8 Å². The van der Waals surface area contributed by atoms with Crippen LogP contribution in [0.2, 0.25) is 0 Å². The molecule has 0 aromatic rings. The minimum absolute atomic E-state index is 0.662. The summed E-state index contributed by atoms with van der Waals surface area (Å²) in [5.74, 6) is 1.35. The van der Waals surface area contributed by atoms with Gasteiger partial charge in [0.2, 0.25) is 0 Å². The van der Waals surface area contributed by atoms with Crippen molar-refractivity contribution in [3.05, 3.63) is 59.8 Å². The highest BCUT2D eigenvalue weighted by atomic mass is 14.3. The van der Waals surface area contributed by atoms with Crippen molar-refractivity contribution in [3.63, 3.8) is 0 Å². The van der Waals surface area contributed by atoms with Gasteiger partial charge in [0.15, 0.2) is 0 Å². The minimum atomic E-state index is 0.662. The summed E-state index contributed by atoms with van der Waals surface area (Å²) in [6.07, 6.45) is 19.2. The lowest BCUT2D eigenvalue weighted by Gasteiger charge is -2.26. The van der Waals surface area contributed by atoms with Crippen molar-refractivity contribution in [2.75, 3.05) is 0 Å². The molecule has 3 aliphatic rings. The van der Waals surface area contributed by atoms with Crippen LogP contribution < -0.4 is 0 Å². The molecule has 0 aromatic carbocycles. The standard InChI is InChI=1S/C13H12/c1-2-5-11-9-13-7-3-6-12(13)8-10(11)4-1/h1-8,11,13H,9H2. The van der Waals surface area contributed by atoms with Crippen molar-refractivity contribution in [2.45, 2.75) is 6.42 Å². The maximum absolute atomic E-state index is 2.35. The molecule has 3 aliphatic carbocycles. The van der Waals surface area contributed by atoms with Crippen LogP contribution in [0.3, 0.4) is 0 Å². The quantitative estimate of drug-likeness (QED) is 0.521. The van der Waals surface area contributed by atoms with Gasteiger partial charge in [-0.25, -0.2) is 0 Å². The van der Waals surface area contributed by atoms with E-state index in [-0.39, 0.29) is 0 Å². The third-order valence-corrected chi connectivity index (χ3v) is 3.07. The van der Waals surface area contributed by atoms with E-state index >= 15 is 0 Å². The highest BCUT2D eigenvalue weighted by Crippen LogP contribution is 2.38. The van der Waals surface area contributed by atoms with Crippen LogP contribution in [0.5, 0.6) is 0 Å². The number of fused-ring (bicyclic) bond motifs is 2. The average molecular weight is 168 g/mol. The van der Waals surface area contributed by atoms with Crippen LogP contribution in [0.4, 0.5) is 0 Å². The molecule has 0 amide bonds. The van der Waals surface area contributed by atoms with Crippen molar-refractivity contribution < 1.29 is 0 Å². The molecule has 0 radical (unpaired) electrons. The molecule has 0 saturated carbocycles. The van der Waals surface area contributed by atoms with Gasteiger partial charge in [-0.3, -0.25) is 0 Å². The van der Waals surface area contributed by atoms with E-state index in [4.69, 9.17) is 0 Å². The van der Waals surface area contributed by atoms with Crippen molar-refractivity contribution in [2.24, 2.45) is 11.8 Å². The van der Waals surface area contributed by atoms with Crippen molar-refractivity contribution in [1.29, 1.82) is 0 Å². The van der Waals surface area contributed by atoms with E-state index in [0.29, 0.717) is 11.8 Å². The monoisotopic (exact) mass is 168 g/mol. The summed E-state index contributed by atoms with van der Waals surface area (Å²) in [7, 11) is 0. The van der Waals surface area contributed by atoms with Gasteiger partial charge >= 0.3 is 0 Å². The van der Waals surface area contributed by atoms with E-state index in [1.807, 2.05) is 0 Å². The first-order valence-electron chi connectivity index (χ1n) is 4.88. The summed E-state index contributed by atoms with van der Waals surface area (Å²) in [5, 5.41) is 0. The van der Waals surface area contributed by atoms with Crippen LogP contribution in [-0.2, 0) is 0 Å². The van der Waals surface area contributed by atoms with E-state index in [1.54, 1.807) is 0 Å². The maximum Gasteiger partial charge on any atom is 0.00299 e. The number of hydrogen-bond donors (Lipinski definition) is 0. The summed E-state index contributed by atoms with van der Waals surface area (Å²) < 4.78 is 0. The molecule has 64 valence electrons. The largest absolute Gasteiger partial charge is 0.0770 e. The molecule has 3 rings (SSSR count). The third-order valence-electron chi connectivity index (χ3n) is 3.07. The normalized spacial score (nSPS) is 33.8. The molecule has 2 atom stereocenters. The lowest BCUT2D eigenvalue weighted by atomic mass is 9.78. The van der Waals surface area contributed by atoms with Crippen LogP contribution in [0.15, 0.2) is 59.8 Å². The molecular formula is C13H12. The summed E-state index contributed by atoms with van der Waals surface area (Å²) in [6.45, 7) is 0. The van der Waals surface area contributed by atoms with E-state index in [2.05, 4.69) is 48.6 Å². The number of hydrogen-bond acceptors (Lipinski definition) is 0. The number of allylic oxidation sites excluding steroid dienone is 10. The van der Waals surface area contributed by atoms with Gasteiger partial charge in [-0.1, -0.05) is 48.6 Å². The van der Waals surface area contributed by atoms with E-state index in [9.17, 15) is 0 Å². The first-order valence-corrected chi connectivity index (χ1v) is 4.88. The number of rotatable bonds is 0. The minimum Gasteiger partial charge on any atom is -0.0770 e. The Morgan fingerprint density at radius 1 is 0.923 bits per heavy atom. The maximum atomic E-state index is 2.35. The Morgan fingerprint density at radius 2 is 1.77 bits per heavy atom. The first kappa shape index (κ1) is 7.14. The van der Waals surface area contributed by atoms with Gasteiger partial charge < -0.3 is 0 Å². The topological polar surface area (TPSA) is 0 Å². The highest BCUT2D eigenvalue weighted by Gasteiger charge is 2.25. The fraction of sp³-hybridized carbons (Fsp3) is 0.231. The van der Waals surface area contributed by atoms with Gasteiger partial charge in [-0.15, -0.1) is 0 Å². The fourth-order valence-electron chi connectivity index (χ4n) is 2.34. The molecule has 0 fully saturated rings. The summed E-state index contributed by atoms with van der Waals surface area (Å²) in [5.41, 5.74) is 2.97. The smallest absolute Gasteiger partial charge is 0.00299 e. The Morgan fingerprint density at radius 3 is 2.77 bits per heavy atom. The van der Waals surface area contributed by atoms with Gasteiger partial charge in [0.1, 0.15) is 0 Å². The zero-order valence-electron chi connectivity index (χ0n) is 7.48. The molecule has 2 unspecified atom stereocenters. The zero-order valence-corrected chi connectivity index (χ0v) is 7.48. The van der Waals surface area contributed by atoms with E-state index < -0.39 is 0 Å². The summed E-state index contributed by atoms with van der Waals surface area (Å²) >= 11 is 0. The molecule has 0 saturated heterocycles. The van der Waals surface area contributed by atoms with Crippen LogP contribution in [-0.4, -0.2) is 0 Å². The Kier molecular flexibility index (Phi) is 1.42. The molecular weight excluding hydrogens is 156 g/mol. The van der Waals surface area contributed by atoms with E-state index in [1.165, 1.54) is 17.6 Å². The van der Waals surface area contributed by atoms with Gasteiger partial charge in [0.05, 0.1) is 0 Å². The van der Waals surface area contributed by atoms with Crippen molar-refractivity contribution in [3.8, 4) is 0 Å². The van der Waals surface area contributed by atoms with Crippen molar-refractivity contribution >= 4 is 0 Å². The second-order valence-electron chi connectivity index (χ2n) is 3.89. The van der Waals surface area contributed by atoms with Crippen molar-refractivity contribution in [1.82, 2.24) is 0 Å². The molecule has 0 heteroatoms. The second kappa shape index (κ2) is 2.59. The molecule has 13 heavy (non-hydrogen) atoms. The molecule has 0 aromatic heterocycles. The molecule has 0 aliphatic heterocycles. The summed E-state index contributed by atoms with van der Waals surface area (Å²) in [6, 6.07) is 0. The third kappa shape index (κ3) is 1.06. The molecule has 0 nitrogen and oxygen atoms in total. The average Bonchev–Trinajstić information content (AvgIpc) is 2.61. The SMILES string of the molecule is C1=CC2=CC3=CC=CC3CC2C=C1. The van der Waals surface area contributed by atoms with Crippen LogP contribution in [0.25, 0.3) is 0 Å². The summed E-state index contributed by atoms with van der Waals surface area (Å²) in [4.78, 5) is 0. The fourth-order valence-corrected chi connectivity index (χ4v) is 2.34.